The fourth-order valence-electron chi connectivity index (χ4n) is 2.30. The molecule has 7 nitrogen and oxygen atoms in total. The van der Waals surface area contributed by atoms with E-state index in [1.165, 1.54) is 11.8 Å². The van der Waals surface area contributed by atoms with Gasteiger partial charge in [-0.05, 0) is 25.5 Å². The minimum atomic E-state index is -2.96. The molecule has 1 aliphatic heterocycles. The van der Waals surface area contributed by atoms with Crippen molar-refractivity contribution >= 4 is 39.2 Å². The van der Waals surface area contributed by atoms with Crippen molar-refractivity contribution in [2.75, 3.05) is 35.8 Å². The summed E-state index contributed by atoms with van der Waals surface area (Å²) in [6.07, 6.45) is 0.551. The molecule has 1 aromatic carbocycles. The van der Waals surface area contributed by atoms with E-state index in [0.717, 1.165) is 0 Å². The molecule has 0 aliphatic carbocycles. The predicted molar refractivity (Wildman–Crippen MR) is 96.7 cm³/mol. The number of para-hydroxylation sites is 2. The lowest BCUT2D eigenvalue weighted by molar-refractivity contribution is -0.144. The first kappa shape index (κ1) is 19.6. The number of carbonyl (C=O) groups excluding carboxylic acids is 2. The highest BCUT2D eigenvalue weighted by atomic mass is 32.2. The number of thioether (sulfide) groups is 1. The number of amides is 1. The first-order chi connectivity index (χ1) is 11.9. The van der Waals surface area contributed by atoms with Gasteiger partial charge in [0.15, 0.2) is 16.4 Å². The first-order valence-electron chi connectivity index (χ1n) is 7.89. The number of esters is 1. The molecule has 1 atom stereocenters. The van der Waals surface area contributed by atoms with Crippen molar-refractivity contribution in [1.29, 1.82) is 0 Å². The molecule has 1 fully saturated rings. The van der Waals surface area contributed by atoms with E-state index in [0.29, 0.717) is 24.5 Å². The average molecular weight is 387 g/mol. The number of ether oxygens (including phenoxy) is 2. The maximum atomic E-state index is 11.9. The fourth-order valence-corrected chi connectivity index (χ4v) is 5.74. The lowest BCUT2D eigenvalue weighted by atomic mass is 10.3. The Bertz CT molecular complexity index is 719. The highest BCUT2D eigenvalue weighted by Gasteiger charge is 2.28. The van der Waals surface area contributed by atoms with Crippen LogP contribution < -0.4 is 10.1 Å². The maximum absolute atomic E-state index is 11.9. The Morgan fingerprint density at radius 1 is 1.32 bits per heavy atom. The fraction of sp³-hybridized carbons (Fsp3) is 0.500. The van der Waals surface area contributed by atoms with Gasteiger partial charge in [0, 0.05) is 5.25 Å². The van der Waals surface area contributed by atoms with Crippen LogP contribution in [0, 0.1) is 0 Å². The van der Waals surface area contributed by atoms with Gasteiger partial charge in [-0.25, -0.2) is 8.42 Å². The standard InChI is InChI=1S/C16H21NO6S2/c1-2-22-14-6-4-3-5-13(14)17-15(18)9-23-16(19)10-24-12-7-8-25(20,21)11-12/h3-6,12H,2,7-11H2,1H3,(H,17,18)/t12-/m0/s1. The molecule has 1 aliphatic rings. The van der Waals surface area contributed by atoms with E-state index in [9.17, 15) is 18.0 Å². The molecule has 2 rings (SSSR count). The van der Waals surface area contributed by atoms with Crippen molar-refractivity contribution in [1.82, 2.24) is 0 Å². The molecule has 0 radical (unpaired) electrons. The van der Waals surface area contributed by atoms with Crippen LogP contribution in [0.1, 0.15) is 13.3 Å². The molecular formula is C16H21NO6S2. The predicted octanol–water partition coefficient (Wildman–Crippen LogP) is 1.49. The van der Waals surface area contributed by atoms with Gasteiger partial charge in [0.1, 0.15) is 5.75 Å². The Morgan fingerprint density at radius 3 is 2.76 bits per heavy atom. The molecule has 1 amide bonds. The Labute approximate surface area is 151 Å². The third-order valence-corrected chi connectivity index (χ3v) is 6.71. The zero-order valence-electron chi connectivity index (χ0n) is 13.9. The zero-order valence-corrected chi connectivity index (χ0v) is 15.5. The van der Waals surface area contributed by atoms with E-state index in [1.807, 2.05) is 6.92 Å². The van der Waals surface area contributed by atoms with Gasteiger partial charge in [-0.15, -0.1) is 11.8 Å². The smallest absolute Gasteiger partial charge is 0.316 e. The Morgan fingerprint density at radius 2 is 2.08 bits per heavy atom. The number of hydrogen-bond acceptors (Lipinski definition) is 7. The van der Waals surface area contributed by atoms with Crippen LogP contribution in [0.2, 0.25) is 0 Å². The topological polar surface area (TPSA) is 98.8 Å². The number of hydrogen-bond donors (Lipinski definition) is 1. The van der Waals surface area contributed by atoms with Gasteiger partial charge >= 0.3 is 5.97 Å². The summed E-state index contributed by atoms with van der Waals surface area (Å²) in [5, 5.41) is 2.55. The molecule has 0 saturated carbocycles. The number of carbonyl (C=O) groups is 2. The van der Waals surface area contributed by atoms with Gasteiger partial charge in [-0.2, -0.15) is 0 Å². The summed E-state index contributed by atoms with van der Waals surface area (Å²) in [6.45, 7) is 1.91. The minimum absolute atomic E-state index is 0.0308. The number of rotatable bonds is 8. The molecule has 1 aromatic rings. The Hall–Kier alpha value is -1.74. The third kappa shape index (κ3) is 6.58. The Kier molecular flexibility index (Phi) is 7.12. The van der Waals surface area contributed by atoms with Crippen LogP contribution in [0.5, 0.6) is 5.75 Å². The second-order valence-corrected chi connectivity index (χ2v) is 8.99. The highest BCUT2D eigenvalue weighted by molar-refractivity contribution is 8.02. The zero-order chi connectivity index (χ0) is 18.3. The Balaban J connectivity index is 1.72. The number of nitrogens with one attached hydrogen (secondary N) is 1. The van der Waals surface area contributed by atoms with Crippen LogP contribution in [0.4, 0.5) is 5.69 Å². The van der Waals surface area contributed by atoms with Crippen LogP contribution in [0.3, 0.4) is 0 Å². The summed E-state index contributed by atoms with van der Waals surface area (Å²) < 4.78 is 33.0. The summed E-state index contributed by atoms with van der Waals surface area (Å²) in [7, 11) is -2.96. The van der Waals surface area contributed by atoms with Crippen molar-refractivity contribution in [3.8, 4) is 5.75 Å². The minimum Gasteiger partial charge on any atom is -0.492 e. The number of sulfone groups is 1. The SMILES string of the molecule is CCOc1ccccc1NC(=O)COC(=O)CS[C@H]1CCS(=O)(=O)C1. The molecular weight excluding hydrogens is 366 g/mol. The lowest BCUT2D eigenvalue weighted by Gasteiger charge is -2.11. The molecule has 1 heterocycles. The third-order valence-electron chi connectivity index (χ3n) is 3.45. The second kappa shape index (κ2) is 9.10. The van der Waals surface area contributed by atoms with Gasteiger partial charge in [-0.3, -0.25) is 9.59 Å². The van der Waals surface area contributed by atoms with Crippen LogP contribution in [0.25, 0.3) is 0 Å². The van der Waals surface area contributed by atoms with E-state index < -0.39 is 28.3 Å². The first-order valence-corrected chi connectivity index (χ1v) is 10.8. The molecule has 1 N–H and O–H groups in total. The van der Waals surface area contributed by atoms with Crippen molar-refractivity contribution in [3.63, 3.8) is 0 Å². The van der Waals surface area contributed by atoms with E-state index in [4.69, 9.17) is 9.47 Å². The summed E-state index contributed by atoms with van der Waals surface area (Å²) in [4.78, 5) is 23.6. The normalized spacial score (nSPS) is 18.5. The van der Waals surface area contributed by atoms with Gasteiger partial charge < -0.3 is 14.8 Å². The molecule has 0 aromatic heterocycles. The van der Waals surface area contributed by atoms with Crippen LogP contribution in [-0.4, -0.2) is 56.0 Å². The van der Waals surface area contributed by atoms with Gasteiger partial charge in [0.05, 0.1) is 29.6 Å². The van der Waals surface area contributed by atoms with Crippen molar-refractivity contribution in [2.24, 2.45) is 0 Å². The van der Waals surface area contributed by atoms with Gasteiger partial charge in [-0.1, -0.05) is 12.1 Å². The highest BCUT2D eigenvalue weighted by Crippen LogP contribution is 2.25. The number of anilines is 1. The van der Waals surface area contributed by atoms with E-state index in [2.05, 4.69) is 5.32 Å². The number of benzene rings is 1. The molecule has 138 valence electrons. The summed E-state index contributed by atoms with van der Waals surface area (Å²) in [5.74, 6) is -0.163. The molecule has 0 unspecified atom stereocenters. The van der Waals surface area contributed by atoms with Crippen molar-refractivity contribution in [3.05, 3.63) is 24.3 Å². The summed E-state index contributed by atoms with van der Waals surface area (Å²) in [5.41, 5.74) is 0.510. The lowest BCUT2D eigenvalue weighted by Crippen LogP contribution is -2.22. The molecule has 0 spiro atoms. The average Bonchev–Trinajstić information content (AvgIpc) is 2.92. The van der Waals surface area contributed by atoms with Gasteiger partial charge in [0.25, 0.3) is 5.91 Å². The molecule has 9 heteroatoms. The maximum Gasteiger partial charge on any atom is 0.316 e. The van der Waals surface area contributed by atoms with Crippen LogP contribution in [0.15, 0.2) is 24.3 Å². The van der Waals surface area contributed by atoms with Crippen molar-refractivity contribution < 1.29 is 27.5 Å². The van der Waals surface area contributed by atoms with Crippen molar-refractivity contribution in [2.45, 2.75) is 18.6 Å². The monoisotopic (exact) mass is 387 g/mol. The van der Waals surface area contributed by atoms with E-state index in [-0.39, 0.29) is 22.5 Å². The molecule has 0 bridgehead atoms. The second-order valence-electron chi connectivity index (χ2n) is 5.47. The van der Waals surface area contributed by atoms with E-state index >= 15 is 0 Å². The van der Waals surface area contributed by atoms with E-state index in [1.54, 1.807) is 24.3 Å². The van der Waals surface area contributed by atoms with Crippen LogP contribution >= 0.6 is 11.8 Å². The summed E-state index contributed by atoms with van der Waals surface area (Å²) in [6, 6.07) is 6.98. The molecule has 1 saturated heterocycles. The van der Waals surface area contributed by atoms with Crippen LogP contribution in [-0.2, 0) is 24.2 Å². The summed E-state index contributed by atoms with van der Waals surface area (Å²) >= 11 is 1.25. The molecule has 25 heavy (non-hydrogen) atoms. The quantitative estimate of drug-likeness (QED) is 0.675. The largest absolute Gasteiger partial charge is 0.492 e. The van der Waals surface area contributed by atoms with Gasteiger partial charge in [0.2, 0.25) is 0 Å².